The van der Waals surface area contributed by atoms with E-state index in [-0.39, 0.29) is 0 Å². The zero-order valence-corrected chi connectivity index (χ0v) is 10.6. The molecule has 90 valence electrons. The van der Waals surface area contributed by atoms with Gasteiger partial charge in [0.1, 0.15) is 0 Å². The summed E-state index contributed by atoms with van der Waals surface area (Å²) in [5, 5.41) is 4.37. The summed E-state index contributed by atoms with van der Waals surface area (Å²) in [5.74, 6) is 0.758. The summed E-state index contributed by atoms with van der Waals surface area (Å²) in [7, 11) is 0. The fourth-order valence-corrected chi connectivity index (χ4v) is 2.00. The molecular weight excluding hydrogens is 232 g/mol. The largest absolute Gasteiger partial charge is 0.272 e. The highest BCUT2D eigenvalue weighted by Gasteiger charge is 2.00. The molecule has 2 nitrogen and oxygen atoms in total. The summed E-state index contributed by atoms with van der Waals surface area (Å²) < 4.78 is 2.01. The van der Waals surface area contributed by atoms with Gasteiger partial charge in [0.25, 0.3) is 0 Å². The second-order valence-electron chi connectivity index (χ2n) is 4.11. The van der Waals surface area contributed by atoms with Crippen LogP contribution >= 0.6 is 11.6 Å². The van der Waals surface area contributed by atoms with E-state index in [9.17, 15) is 0 Å². The molecule has 3 heteroatoms. The Kier molecular flexibility index (Phi) is 4.63. The van der Waals surface area contributed by atoms with Gasteiger partial charge in [0, 0.05) is 24.2 Å². The number of nitrogens with zero attached hydrogens (tertiary/aromatic N) is 2. The Labute approximate surface area is 107 Å². The van der Waals surface area contributed by atoms with Crippen molar-refractivity contribution in [3.05, 3.63) is 42.7 Å². The number of rotatable bonds is 6. The number of alkyl halides is 1. The van der Waals surface area contributed by atoms with Crippen LogP contribution in [-0.2, 0) is 6.54 Å². The van der Waals surface area contributed by atoms with Gasteiger partial charge in [-0.05, 0) is 18.4 Å². The minimum absolute atomic E-state index is 0.758. The molecule has 0 saturated heterocycles. The van der Waals surface area contributed by atoms with Gasteiger partial charge in [0.15, 0.2) is 0 Å². The normalized spacial score (nSPS) is 10.6. The van der Waals surface area contributed by atoms with Crippen LogP contribution in [0.3, 0.4) is 0 Å². The average molecular weight is 249 g/mol. The van der Waals surface area contributed by atoms with Crippen LogP contribution in [0, 0.1) is 0 Å². The van der Waals surface area contributed by atoms with Gasteiger partial charge in [-0.3, -0.25) is 4.68 Å². The van der Waals surface area contributed by atoms with Crippen LogP contribution in [0.5, 0.6) is 0 Å². The smallest absolute Gasteiger partial charge is 0.0568 e. The Morgan fingerprint density at radius 3 is 2.59 bits per heavy atom. The van der Waals surface area contributed by atoms with Crippen molar-refractivity contribution in [1.82, 2.24) is 9.78 Å². The number of halogens is 1. The van der Waals surface area contributed by atoms with E-state index in [0.29, 0.717) is 0 Å². The molecule has 2 aromatic rings. The van der Waals surface area contributed by atoms with Crippen molar-refractivity contribution in [2.24, 2.45) is 0 Å². The highest BCUT2D eigenvalue weighted by molar-refractivity contribution is 6.17. The van der Waals surface area contributed by atoms with Crippen LogP contribution in [0.25, 0.3) is 11.1 Å². The first-order valence-corrected chi connectivity index (χ1v) is 6.57. The fraction of sp³-hybridized carbons (Fsp3) is 0.357. The minimum atomic E-state index is 0.758. The molecular formula is C14H17ClN2. The molecule has 1 aromatic heterocycles. The van der Waals surface area contributed by atoms with Gasteiger partial charge in [-0.25, -0.2) is 0 Å². The topological polar surface area (TPSA) is 17.8 Å². The molecule has 0 fully saturated rings. The lowest BCUT2D eigenvalue weighted by Gasteiger charge is -2.00. The fourth-order valence-electron chi connectivity index (χ4n) is 1.81. The zero-order chi connectivity index (χ0) is 11.9. The molecule has 0 atom stereocenters. The van der Waals surface area contributed by atoms with Crippen molar-refractivity contribution >= 4 is 11.6 Å². The van der Waals surface area contributed by atoms with Crippen molar-refractivity contribution in [1.29, 1.82) is 0 Å². The second kappa shape index (κ2) is 6.45. The van der Waals surface area contributed by atoms with Crippen LogP contribution in [-0.4, -0.2) is 15.7 Å². The first-order chi connectivity index (χ1) is 8.40. The highest BCUT2D eigenvalue weighted by atomic mass is 35.5. The maximum absolute atomic E-state index is 5.65. The zero-order valence-electron chi connectivity index (χ0n) is 9.85. The summed E-state index contributed by atoms with van der Waals surface area (Å²) in [6, 6.07) is 10.3. The molecule has 0 saturated carbocycles. The maximum Gasteiger partial charge on any atom is 0.0568 e. The van der Waals surface area contributed by atoms with Crippen molar-refractivity contribution < 1.29 is 0 Å². The van der Waals surface area contributed by atoms with Crippen molar-refractivity contribution in [3.8, 4) is 11.1 Å². The second-order valence-corrected chi connectivity index (χ2v) is 4.49. The van der Waals surface area contributed by atoms with Crippen molar-refractivity contribution in [2.45, 2.75) is 25.8 Å². The molecule has 0 bridgehead atoms. The van der Waals surface area contributed by atoms with Gasteiger partial charge in [-0.1, -0.05) is 36.8 Å². The van der Waals surface area contributed by atoms with Crippen molar-refractivity contribution in [3.63, 3.8) is 0 Å². The first-order valence-electron chi connectivity index (χ1n) is 6.04. The van der Waals surface area contributed by atoms with Crippen LogP contribution in [0.15, 0.2) is 42.7 Å². The third-order valence-corrected chi connectivity index (χ3v) is 3.03. The predicted molar refractivity (Wildman–Crippen MR) is 72.2 cm³/mol. The number of hydrogen-bond acceptors (Lipinski definition) is 1. The first kappa shape index (κ1) is 12.2. The van der Waals surface area contributed by atoms with Crippen LogP contribution in [0.2, 0.25) is 0 Å². The molecule has 2 rings (SSSR count). The summed E-state index contributed by atoms with van der Waals surface area (Å²) >= 11 is 5.65. The van der Waals surface area contributed by atoms with E-state index in [0.717, 1.165) is 25.3 Å². The third-order valence-electron chi connectivity index (χ3n) is 2.76. The number of aromatic nitrogens is 2. The standard InChI is InChI=1S/C14H17ClN2/c15-9-5-2-6-10-17-12-14(11-16-17)13-7-3-1-4-8-13/h1,3-4,7-8,11-12H,2,5-6,9-10H2. The van der Waals surface area contributed by atoms with Gasteiger partial charge < -0.3 is 0 Å². The molecule has 1 aromatic carbocycles. The molecule has 0 N–H and O–H groups in total. The van der Waals surface area contributed by atoms with E-state index in [1.54, 1.807) is 0 Å². The average Bonchev–Trinajstić information content (AvgIpc) is 2.85. The lowest BCUT2D eigenvalue weighted by atomic mass is 10.1. The van der Waals surface area contributed by atoms with Crippen LogP contribution < -0.4 is 0 Å². The predicted octanol–water partition coefficient (Wildman–Crippen LogP) is 3.96. The van der Waals surface area contributed by atoms with E-state index >= 15 is 0 Å². The minimum Gasteiger partial charge on any atom is -0.272 e. The Hall–Kier alpha value is -1.28. The lowest BCUT2D eigenvalue weighted by molar-refractivity contribution is 0.554. The molecule has 17 heavy (non-hydrogen) atoms. The van der Waals surface area contributed by atoms with E-state index in [2.05, 4.69) is 23.4 Å². The third kappa shape index (κ3) is 3.60. The number of hydrogen-bond donors (Lipinski definition) is 0. The summed E-state index contributed by atoms with van der Waals surface area (Å²) in [5.41, 5.74) is 2.41. The Balaban J connectivity index is 1.92. The van der Waals surface area contributed by atoms with E-state index in [1.807, 2.05) is 29.1 Å². The molecule has 0 aliphatic carbocycles. The Morgan fingerprint density at radius 2 is 1.82 bits per heavy atom. The molecule has 0 radical (unpaired) electrons. The van der Waals surface area contributed by atoms with Crippen LogP contribution in [0.4, 0.5) is 0 Å². The number of aryl methyl sites for hydroxylation is 1. The molecule has 1 heterocycles. The molecule has 0 aliphatic heterocycles. The molecule has 0 unspecified atom stereocenters. The molecule has 0 spiro atoms. The van der Waals surface area contributed by atoms with Gasteiger partial charge in [-0.2, -0.15) is 5.10 Å². The van der Waals surface area contributed by atoms with E-state index < -0.39 is 0 Å². The molecule has 0 amide bonds. The van der Waals surface area contributed by atoms with Gasteiger partial charge in [0.05, 0.1) is 6.20 Å². The summed E-state index contributed by atoms with van der Waals surface area (Å²) in [4.78, 5) is 0. The summed E-state index contributed by atoms with van der Waals surface area (Å²) in [6.07, 6.45) is 7.44. The maximum atomic E-state index is 5.65. The quantitative estimate of drug-likeness (QED) is 0.559. The van der Waals surface area contributed by atoms with Crippen LogP contribution in [0.1, 0.15) is 19.3 Å². The Bertz CT molecular complexity index is 436. The molecule has 0 aliphatic rings. The van der Waals surface area contributed by atoms with Gasteiger partial charge in [-0.15, -0.1) is 11.6 Å². The van der Waals surface area contributed by atoms with E-state index in [1.165, 1.54) is 17.5 Å². The highest BCUT2D eigenvalue weighted by Crippen LogP contribution is 2.17. The van der Waals surface area contributed by atoms with E-state index in [4.69, 9.17) is 11.6 Å². The SMILES string of the molecule is ClCCCCCn1cc(-c2ccccc2)cn1. The number of benzene rings is 1. The lowest BCUT2D eigenvalue weighted by Crippen LogP contribution is -1.97. The monoisotopic (exact) mass is 248 g/mol. The van der Waals surface area contributed by atoms with Crippen molar-refractivity contribution in [2.75, 3.05) is 5.88 Å². The summed E-state index contributed by atoms with van der Waals surface area (Å²) in [6.45, 7) is 0.976. The van der Waals surface area contributed by atoms with Gasteiger partial charge >= 0.3 is 0 Å². The van der Waals surface area contributed by atoms with Gasteiger partial charge in [0.2, 0.25) is 0 Å². The number of unbranched alkanes of at least 4 members (excludes halogenated alkanes) is 2. The Morgan fingerprint density at radius 1 is 1.00 bits per heavy atom.